The molecule has 0 atom stereocenters. The van der Waals surface area contributed by atoms with Crippen LogP contribution in [0, 0.1) is 0 Å². The Morgan fingerprint density at radius 3 is 2.46 bits per heavy atom. The summed E-state index contributed by atoms with van der Waals surface area (Å²) < 4.78 is 6.38. The summed E-state index contributed by atoms with van der Waals surface area (Å²) in [5, 5.41) is 2.81. The molecule has 0 aliphatic carbocycles. The Balaban J connectivity index is 1.60. The van der Waals surface area contributed by atoms with E-state index in [1.54, 1.807) is 30.5 Å². The number of hydrogen-bond acceptors (Lipinski definition) is 3. The van der Waals surface area contributed by atoms with Crippen molar-refractivity contribution in [2.24, 2.45) is 0 Å². The largest absolute Gasteiger partial charge is 0.489 e. The highest BCUT2D eigenvalue weighted by Crippen LogP contribution is 2.19. The van der Waals surface area contributed by atoms with E-state index in [-0.39, 0.29) is 5.91 Å². The molecule has 0 saturated carbocycles. The number of hydrogen-bond donors (Lipinski definition) is 1. The number of halogens is 1. The van der Waals surface area contributed by atoms with Crippen LogP contribution in [0.2, 0.25) is 0 Å². The monoisotopic (exact) mass is 382 g/mol. The number of rotatable bonds is 5. The van der Waals surface area contributed by atoms with E-state index in [0.717, 1.165) is 11.3 Å². The van der Waals surface area contributed by atoms with E-state index in [2.05, 4.69) is 26.2 Å². The maximum atomic E-state index is 12.2. The fourth-order valence-corrected chi connectivity index (χ4v) is 2.55. The van der Waals surface area contributed by atoms with Crippen LogP contribution >= 0.6 is 15.9 Å². The van der Waals surface area contributed by atoms with Crippen LogP contribution in [0.3, 0.4) is 0 Å². The second kappa shape index (κ2) is 7.75. The summed E-state index contributed by atoms with van der Waals surface area (Å²) in [5.41, 5.74) is 2.14. The van der Waals surface area contributed by atoms with Crippen molar-refractivity contribution in [1.82, 2.24) is 4.98 Å². The zero-order valence-electron chi connectivity index (χ0n) is 12.8. The summed E-state index contributed by atoms with van der Waals surface area (Å²) in [6.07, 6.45) is 1.58. The van der Waals surface area contributed by atoms with Crippen LogP contribution in [-0.2, 0) is 6.61 Å². The minimum Gasteiger partial charge on any atom is -0.489 e. The van der Waals surface area contributed by atoms with E-state index in [1.807, 2.05) is 42.5 Å². The summed E-state index contributed by atoms with van der Waals surface area (Å²) in [6.45, 7) is 0.507. The SMILES string of the molecule is O=C(Nc1ccc(OCc2ccccc2)cc1)c1ncccc1Br. The molecule has 0 aliphatic heterocycles. The van der Waals surface area contributed by atoms with Crippen LogP contribution in [0.4, 0.5) is 5.69 Å². The Labute approximate surface area is 148 Å². The molecule has 2 aromatic carbocycles. The van der Waals surface area contributed by atoms with Gasteiger partial charge in [0, 0.05) is 16.4 Å². The second-order valence-electron chi connectivity index (χ2n) is 5.09. The van der Waals surface area contributed by atoms with Crippen molar-refractivity contribution < 1.29 is 9.53 Å². The normalized spacial score (nSPS) is 10.2. The summed E-state index contributed by atoms with van der Waals surface area (Å²) >= 11 is 3.32. The molecule has 24 heavy (non-hydrogen) atoms. The average molecular weight is 383 g/mol. The minimum atomic E-state index is -0.263. The van der Waals surface area contributed by atoms with Gasteiger partial charge in [0.2, 0.25) is 0 Å². The number of benzene rings is 2. The van der Waals surface area contributed by atoms with Gasteiger partial charge in [-0.05, 0) is 57.9 Å². The topological polar surface area (TPSA) is 51.2 Å². The Bertz CT molecular complexity index is 820. The first-order valence-electron chi connectivity index (χ1n) is 7.41. The van der Waals surface area contributed by atoms with Crippen LogP contribution in [-0.4, -0.2) is 10.9 Å². The molecule has 1 amide bonds. The molecule has 0 fully saturated rings. The number of amides is 1. The van der Waals surface area contributed by atoms with E-state index in [9.17, 15) is 4.79 Å². The zero-order chi connectivity index (χ0) is 16.8. The smallest absolute Gasteiger partial charge is 0.275 e. The van der Waals surface area contributed by atoms with Gasteiger partial charge in [-0.1, -0.05) is 30.3 Å². The molecule has 120 valence electrons. The van der Waals surface area contributed by atoms with Gasteiger partial charge in [0.15, 0.2) is 0 Å². The Hall–Kier alpha value is -2.66. The lowest BCUT2D eigenvalue weighted by molar-refractivity contribution is 0.102. The van der Waals surface area contributed by atoms with Crippen LogP contribution in [0.1, 0.15) is 16.1 Å². The van der Waals surface area contributed by atoms with Gasteiger partial charge >= 0.3 is 0 Å². The van der Waals surface area contributed by atoms with Gasteiger partial charge in [0.05, 0.1) is 0 Å². The van der Waals surface area contributed by atoms with E-state index >= 15 is 0 Å². The maximum absolute atomic E-state index is 12.2. The molecule has 1 heterocycles. The highest BCUT2D eigenvalue weighted by atomic mass is 79.9. The molecule has 3 rings (SSSR count). The molecule has 3 aromatic rings. The van der Waals surface area contributed by atoms with Crippen LogP contribution in [0.5, 0.6) is 5.75 Å². The predicted octanol–water partition coefficient (Wildman–Crippen LogP) is 4.68. The minimum absolute atomic E-state index is 0.263. The molecular formula is C19H15BrN2O2. The molecule has 0 unspecified atom stereocenters. The molecule has 0 saturated heterocycles. The first-order chi connectivity index (χ1) is 11.7. The van der Waals surface area contributed by atoms with Crippen molar-refractivity contribution in [1.29, 1.82) is 0 Å². The number of nitrogens with zero attached hydrogens (tertiary/aromatic N) is 1. The molecule has 0 radical (unpaired) electrons. The van der Waals surface area contributed by atoms with Gasteiger partial charge in [0.1, 0.15) is 18.1 Å². The number of anilines is 1. The van der Waals surface area contributed by atoms with Crippen LogP contribution in [0.15, 0.2) is 77.4 Å². The van der Waals surface area contributed by atoms with Gasteiger partial charge < -0.3 is 10.1 Å². The third-order valence-corrected chi connectivity index (χ3v) is 3.97. The lowest BCUT2D eigenvalue weighted by Crippen LogP contribution is -2.14. The van der Waals surface area contributed by atoms with E-state index in [0.29, 0.717) is 22.5 Å². The number of aromatic nitrogens is 1. The Morgan fingerprint density at radius 1 is 1.00 bits per heavy atom. The van der Waals surface area contributed by atoms with Crippen molar-refractivity contribution in [3.8, 4) is 5.75 Å². The fourth-order valence-electron chi connectivity index (χ4n) is 2.12. The molecular weight excluding hydrogens is 368 g/mol. The van der Waals surface area contributed by atoms with E-state index < -0.39 is 0 Å². The van der Waals surface area contributed by atoms with Crippen molar-refractivity contribution in [2.75, 3.05) is 5.32 Å². The number of ether oxygens (including phenoxy) is 1. The lowest BCUT2D eigenvalue weighted by atomic mass is 10.2. The zero-order valence-corrected chi connectivity index (χ0v) is 14.4. The standard InChI is InChI=1S/C19H15BrN2O2/c20-17-7-4-12-21-18(17)19(23)22-15-8-10-16(11-9-15)24-13-14-5-2-1-3-6-14/h1-12H,13H2,(H,22,23). The average Bonchev–Trinajstić information content (AvgIpc) is 2.62. The van der Waals surface area contributed by atoms with Crippen molar-refractivity contribution in [3.05, 3.63) is 88.7 Å². The van der Waals surface area contributed by atoms with Crippen molar-refractivity contribution in [3.63, 3.8) is 0 Å². The predicted molar refractivity (Wildman–Crippen MR) is 97.1 cm³/mol. The molecule has 0 bridgehead atoms. The Kier molecular flexibility index (Phi) is 5.23. The maximum Gasteiger partial charge on any atom is 0.275 e. The van der Waals surface area contributed by atoms with Gasteiger partial charge in [0.25, 0.3) is 5.91 Å². The number of pyridine rings is 1. The Morgan fingerprint density at radius 2 is 1.75 bits per heavy atom. The molecule has 0 spiro atoms. The second-order valence-corrected chi connectivity index (χ2v) is 5.94. The third kappa shape index (κ3) is 4.20. The van der Waals surface area contributed by atoms with Crippen molar-refractivity contribution >= 4 is 27.5 Å². The highest BCUT2D eigenvalue weighted by Gasteiger charge is 2.11. The van der Waals surface area contributed by atoms with Crippen molar-refractivity contribution in [2.45, 2.75) is 6.61 Å². The summed E-state index contributed by atoms with van der Waals surface area (Å²) in [7, 11) is 0. The first-order valence-corrected chi connectivity index (χ1v) is 8.20. The lowest BCUT2D eigenvalue weighted by Gasteiger charge is -2.09. The molecule has 4 nitrogen and oxygen atoms in total. The summed E-state index contributed by atoms with van der Waals surface area (Å²) in [5.74, 6) is 0.483. The van der Waals surface area contributed by atoms with E-state index in [1.165, 1.54) is 0 Å². The van der Waals surface area contributed by atoms with E-state index in [4.69, 9.17) is 4.74 Å². The quantitative estimate of drug-likeness (QED) is 0.696. The number of nitrogens with one attached hydrogen (secondary N) is 1. The summed E-state index contributed by atoms with van der Waals surface area (Å²) in [4.78, 5) is 16.3. The highest BCUT2D eigenvalue weighted by molar-refractivity contribution is 9.10. The van der Waals surface area contributed by atoms with Crippen LogP contribution < -0.4 is 10.1 Å². The molecule has 0 aliphatic rings. The third-order valence-electron chi connectivity index (χ3n) is 3.33. The fraction of sp³-hybridized carbons (Fsp3) is 0.0526. The van der Waals surface area contributed by atoms with Gasteiger partial charge in [-0.25, -0.2) is 4.98 Å². The molecule has 1 N–H and O–H groups in total. The molecule has 1 aromatic heterocycles. The first kappa shape index (κ1) is 16.2. The molecule has 5 heteroatoms. The van der Waals surface area contributed by atoms with Crippen LogP contribution in [0.25, 0.3) is 0 Å². The summed E-state index contributed by atoms with van der Waals surface area (Å²) in [6, 6.07) is 20.8. The van der Waals surface area contributed by atoms with Gasteiger partial charge in [-0.15, -0.1) is 0 Å². The van der Waals surface area contributed by atoms with Gasteiger partial charge in [-0.3, -0.25) is 4.79 Å². The number of carbonyl (C=O) groups is 1. The van der Waals surface area contributed by atoms with Gasteiger partial charge in [-0.2, -0.15) is 0 Å². The number of carbonyl (C=O) groups excluding carboxylic acids is 1.